The predicted octanol–water partition coefficient (Wildman–Crippen LogP) is 3.80. The van der Waals surface area contributed by atoms with Crippen molar-refractivity contribution in [2.45, 2.75) is 9.96 Å². The minimum Gasteiger partial charge on any atom is -0.214 e. The molecular formula is C6H7BrClF3S. The summed E-state index contributed by atoms with van der Waals surface area (Å²) in [6.07, 6.45) is 3.66. The molecule has 0 amide bonds. The zero-order chi connectivity index (χ0) is 9.83. The van der Waals surface area contributed by atoms with Gasteiger partial charge in [0.2, 0.25) is 0 Å². The van der Waals surface area contributed by atoms with E-state index in [2.05, 4.69) is 0 Å². The van der Waals surface area contributed by atoms with Crippen LogP contribution in [0.4, 0.5) is 13.2 Å². The van der Waals surface area contributed by atoms with Crippen LogP contribution in [0.2, 0.25) is 0 Å². The Morgan fingerprint density at radius 3 is 2.33 bits per heavy atom. The number of hydrogen-bond donors (Lipinski definition) is 0. The molecule has 72 valence electrons. The van der Waals surface area contributed by atoms with E-state index in [-0.39, 0.29) is 0 Å². The van der Waals surface area contributed by atoms with Crippen LogP contribution in [-0.4, -0.2) is 22.0 Å². The molecule has 0 N–H and O–H groups in total. The zero-order valence-electron chi connectivity index (χ0n) is 6.16. The van der Waals surface area contributed by atoms with Crippen molar-refractivity contribution in [3.8, 4) is 0 Å². The van der Waals surface area contributed by atoms with E-state index >= 15 is 0 Å². The summed E-state index contributed by atoms with van der Waals surface area (Å²) in [5, 5.41) is -3.15. The minimum atomic E-state index is -3.74. The molecule has 12 heavy (non-hydrogen) atoms. The summed E-state index contributed by atoms with van der Waals surface area (Å²) < 4.78 is 37.4. The van der Waals surface area contributed by atoms with E-state index in [0.717, 1.165) is 0 Å². The van der Waals surface area contributed by atoms with Crippen molar-refractivity contribution < 1.29 is 13.2 Å². The predicted molar refractivity (Wildman–Crippen MR) is 51.1 cm³/mol. The summed E-state index contributed by atoms with van der Waals surface area (Å²) in [6, 6.07) is 0. The normalized spacial score (nSPS) is 18.2. The van der Waals surface area contributed by atoms with Gasteiger partial charge in [-0.1, -0.05) is 17.7 Å². The molecule has 0 aromatic heterocycles. The van der Waals surface area contributed by atoms with Crippen LogP contribution in [0.1, 0.15) is 0 Å². The van der Waals surface area contributed by atoms with E-state index in [1.807, 2.05) is 15.9 Å². The van der Waals surface area contributed by atoms with Crippen LogP contribution in [0.15, 0.2) is 12.2 Å². The highest BCUT2D eigenvalue weighted by Crippen LogP contribution is 2.42. The van der Waals surface area contributed by atoms with Gasteiger partial charge in [-0.15, -0.1) is 0 Å². The fourth-order valence-electron chi connectivity index (χ4n) is 0.387. The van der Waals surface area contributed by atoms with E-state index in [9.17, 15) is 13.2 Å². The highest BCUT2D eigenvalue weighted by atomic mass is 79.9. The van der Waals surface area contributed by atoms with Gasteiger partial charge in [-0.05, 0) is 28.3 Å². The van der Waals surface area contributed by atoms with Crippen molar-refractivity contribution in [3.05, 3.63) is 12.2 Å². The first-order valence-corrected chi connectivity index (χ1v) is 5.49. The second kappa shape index (κ2) is 4.77. The first-order chi connectivity index (χ1) is 5.31. The lowest BCUT2D eigenvalue weighted by Crippen LogP contribution is -2.31. The minimum absolute atomic E-state index is 0.446. The third-order valence-corrected chi connectivity index (χ3v) is 2.66. The molecule has 1 atom stereocenters. The van der Waals surface area contributed by atoms with Crippen molar-refractivity contribution in [1.82, 2.24) is 0 Å². The number of alkyl halides is 5. The second-order valence-electron chi connectivity index (χ2n) is 1.98. The van der Waals surface area contributed by atoms with Crippen LogP contribution in [0.5, 0.6) is 0 Å². The summed E-state index contributed by atoms with van der Waals surface area (Å²) in [6.45, 7) is 0. The Balaban J connectivity index is 4.22. The standard InChI is InChI=1S/C6H7BrClF3S/c1-12-4-2-3-5(8,9)6(7,10)11/h2-3H,4H2,1H3/b3-2+. The van der Waals surface area contributed by atoms with Gasteiger partial charge in [0, 0.05) is 5.75 Å². The number of halogens is 5. The van der Waals surface area contributed by atoms with Crippen molar-refractivity contribution in [3.63, 3.8) is 0 Å². The Bertz CT molecular complexity index is 167. The molecule has 0 aromatic rings. The molecule has 0 aliphatic heterocycles. The van der Waals surface area contributed by atoms with E-state index in [4.69, 9.17) is 11.6 Å². The monoisotopic (exact) mass is 282 g/mol. The van der Waals surface area contributed by atoms with Crippen molar-refractivity contribution in [2.75, 3.05) is 12.0 Å². The quantitative estimate of drug-likeness (QED) is 0.559. The maximum Gasteiger partial charge on any atom is 0.352 e. The summed E-state index contributed by atoms with van der Waals surface area (Å²) in [7, 11) is 0. The lowest BCUT2D eigenvalue weighted by Gasteiger charge is -2.18. The summed E-state index contributed by atoms with van der Waals surface area (Å²) >= 11 is 8.12. The van der Waals surface area contributed by atoms with E-state index < -0.39 is 9.96 Å². The first kappa shape index (κ1) is 12.7. The molecular weight excluding hydrogens is 276 g/mol. The molecule has 0 saturated carbocycles. The SMILES string of the molecule is CSC/C=C/C(F)(Cl)C(F)(F)Br. The molecule has 0 saturated heterocycles. The highest BCUT2D eigenvalue weighted by molar-refractivity contribution is 9.10. The van der Waals surface area contributed by atoms with Crippen LogP contribution < -0.4 is 0 Å². The topological polar surface area (TPSA) is 0 Å². The van der Waals surface area contributed by atoms with Gasteiger partial charge in [-0.3, -0.25) is 0 Å². The van der Waals surface area contributed by atoms with Crippen molar-refractivity contribution in [2.24, 2.45) is 0 Å². The molecule has 1 unspecified atom stereocenters. The van der Waals surface area contributed by atoms with Crippen LogP contribution in [-0.2, 0) is 0 Å². The number of thioether (sulfide) groups is 1. The molecule has 0 heterocycles. The third kappa shape index (κ3) is 4.05. The Hall–Kier alpha value is 0.650. The molecule has 0 aliphatic carbocycles. The molecule has 0 aromatic carbocycles. The molecule has 0 spiro atoms. The van der Waals surface area contributed by atoms with Gasteiger partial charge in [-0.25, -0.2) is 4.39 Å². The van der Waals surface area contributed by atoms with Gasteiger partial charge in [0.1, 0.15) is 0 Å². The van der Waals surface area contributed by atoms with E-state index in [1.165, 1.54) is 17.8 Å². The largest absolute Gasteiger partial charge is 0.352 e. The maximum atomic E-state index is 12.8. The molecule has 0 nitrogen and oxygen atoms in total. The van der Waals surface area contributed by atoms with Crippen LogP contribution in [0, 0.1) is 0 Å². The number of hydrogen-bond acceptors (Lipinski definition) is 1. The average Bonchev–Trinajstić information content (AvgIpc) is 1.85. The van der Waals surface area contributed by atoms with Gasteiger partial charge in [-0.2, -0.15) is 20.5 Å². The van der Waals surface area contributed by atoms with Gasteiger partial charge in [0.05, 0.1) is 0 Å². The highest BCUT2D eigenvalue weighted by Gasteiger charge is 2.49. The Labute approximate surface area is 86.7 Å². The second-order valence-corrected chi connectivity index (χ2v) is 4.44. The Kier molecular flexibility index (Phi) is 5.02. The first-order valence-electron chi connectivity index (χ1n) is 2.92. The summed E-state index contributed by atoms with van der Waals surface area (Å²) in [5.41, 5.74) is 0. The lowest BCUT2D eigenvalue weighted by molar-refractivity contribution is 0.0218. The third-order valence-electron chi connectivity index (χ3n) is 0.968. The van der Waals surface area contributed by atoms with Gasteiger partial charge in [0.15, 0.2) is 0 Å². The fourth-order valence-corrected chi connectivity index (χ4v) is 0.897. The van der Waals surface area contributed by atoms with Crippen LogP contribution >= 0.6 is 39.3 Å². The smallest absolute Gasteiger partial charge is 0.214 e. The lowest BCUT2D eigenvalue weighted by atomic mass is 10.3. The maximum absolute atomic E-state index is 12.8. The fraction of sp³-hybridized carbons (Fsp3) is 0.667. The van der Waals surface area contributed by atoms with Crippen molar-refractivity contribution in [1.29, 1.82) is 0 Å². The Morgan fingerprint density at radius 1 is 1.50 bits per heavy atom. The van der Waals surface area contributed by atoms with E-state index in [0.29, 0.717) is 11.8 Å². The summed E-state index contributed by atoms with van der Waals surface area (Å²) in [4.78, 5) is -3.74. The molecule has 0 rings (SSSR count). The number of allylic oxidation sites excluding steroid dienone is 1. The van der Waals surface area contributed by atoms with Gasteiger partial charge in [0.25, 0.3) is 5.13 Å². The zero-order valence-corrected chi connectivity index (χ0v) is 9.32. The van der Waals surface area contributed by atoms with Gasteiger partial charge < -0.3 is 0 Å². The molecule has 0 radical (unpaired) electrons. The van der Waals surface area contributed by atoms with Crippen molar-refractivity contribution >= 4 is 39.3 Å². The molecule has 0 fully saturated rings. The average molecular weight is 284 g/mol. The summed E-state index contributed by atoms with van der Waals surface area (Å²) in [5.74, 6) is 0.446. The molecule has 6 heteroatoms. The van der Waals surface area contributed by atoms with E-state index in [1.54, 1.807) is 6.26 Å². The van der Waals surface area contributed by atoms with Crippen LogP contribution in [0.3, 0.4) is 0 Å². The van der Waals surface area contributed by atoms with Gasteiger partial charge >= 0.3 is 4.83 Å². The number of rotatable bonds is 4. The molecule has 0 bridgehead atoms. The Morgan fingerprint density at radius 2 is 2.00 bits per heavy atom. The van der Waals surface area contributed by atoms with Crippen LogP contribution in [0.25, 0.3) is 0 Å². The molecule has 0 aliphatic rings.